The van der Waals surface area contributed by atoms with Crippen LogP contribution in [0.2, 0.25) is 0 Å². The predicted molar refractivity (Wildman–Crippen MR) is 85.4 cm³/mol. The van der Waals surface area contributed by atoms with Gasteiger partial charge in [0.15, 0.2) is 0 Å². The summed E-state index contributed by atoms with van der Waals surface area (Å²) in [6.07, 6.45) is 4.94. The first kappa shape index (κ1) is 15.3. The molecule has 0 radical (unpaired) electrons. The summed E-state index contributed by atoms with van der Waals surface area (Å²) in [5.74, 6) is 0.612. The largest absolute Gasteiger partial charge is 0.465 e. The smallest absolute Gasteiger partial charge is 0.338 e. The molecule has 3 aliphatic rings. The van der Waals surface area contributed by atoms with E-state index < -0.39 is 11.6 Å². The molecule has 2 bridgehead atoms. The van der Waals surface area contributed by atoms with Crippen LogP contribution in [0.4, 0.5) is 0 Å². The number of aliphatic hydroxyl groups is 1. The molecule has 126 valence electrons. The van der Waals surface area contributed by atoms with Crippen molar-refractivity contribution in [1.29, 1.82) is 0 Å². The molecule has 1 aromatic carbocycles. The van der Waals surface area contributed by atoms with Crippen LogP contribution in [0.1, 0.15) is 54.8 Å². The SMILES string of the molecule is COC(=O)c1ccccc1-c1noc(C23CCC(O)(CC2)CC3)n1. The maximum absolute atomic E-state index is 11.9. The predicted octanol–water partition coefficient (Wildman–Crippen LogP) is 2.86. The van der Waals surface area contributed by atoms with Gasteiger partial charge >= 0.3 is 5.97 Å². The summed E-state index contributed by atoms with van der Waals surface area (Å²) in [5, 5.41) is 14.5. The van der Waals surface area contributed by atoms with Gasteiger partial charge in [-0.05, 0) is 44.6 Å². The molecule has 0 amide bonds. The third kappa shape index (κ3) is 2.33. The average Bonchev–Trinajstić information content (AvgIpc) is 3.13. The summed E-state index contributed by atoms with van der Waals surface area (Å²) in [4.78, 5) is 16.5. The summed E-state index contributed by atoms with van der Waals surface area (Å²) in [6, 6.07) is 7.09. The summed E-state index contributed by atoms with van der Waals surface area (Å²) in [6.45, 7) is 0. The summed E-state index contributed by atoms with van der Waals surface area (Å²) < 4.78 is 10.4. The molecule has 0 aliphatic heterocycles. The van der Waals surface area contributed by atoms with Crippen LogP contribution in [0, 0.1) is 0 Å². The van der Waals surface area contributed by atoms with Gasteiger partial charge < -0.3 is 14.4 Å². The Labute approximate surface area is 139 Å². The molecule has 0 unspecified atom stereocenters. The van der Waals surface area contributed by atoms with Crippen molar-refractivity contribution in [3.8, 4) is 11.4 Å². The molecule has 0 saturated heterocycles. The maximum atomic E-state index is 11.9. The van der Waals surface area contributed by atoms with E-state index in [2.05, 4.69) is 10.1 Å². The Hall–Kier alpha value is -2.21. The van der Waals surface area contributed by atoms with Crippen molar-refractivity contribution in [2.24, 2.45) is 0 Å². The molecule has 0 atom stereocenters. The Balaban J connectivity index is 1.68. The zero-order valence-corrected chi connectivity index (χ0v) is 13.6. The van der Waals surface area contributed by atoms with Crippen molar-refractivity contribution in [2.75, 3.05) is 7.11 Å². The number of esters is 1. The minimum Gasteiger partial charge on any atom is -0.465 e. The number of nitrogens with zero attached hydrogens (tertiary/aromatic N) is 2. The van der Waals surface area contributed by atoms with Crippen molar-refractivity contribution in [1.82, 2.24) is 10.1 Å². The molecule has 3 fully saturated rings. The van der Waals surface area contributed by atoms with Crippen molar-refractivity contribution >= 4 is 5.97 Å². The normalized spacial score (nSPS) is 28.8. The van der Waals surface area contributed by atoms with E-state index in [1.54, 1.807) is 18.2 Å². The first-order chi connectivity index (χ1) is 11.6. The van der Waals surface area contributed by atoms with Crippen molar-refractivity contribution in [2.45, 2.75) is 49.5 Å². The van der Waals surface area contributed by atoms with Gasteiger partial charge in [-0.1, -0.05) is 23.4 Å². The van der Waals surface area contributed by atoms with Crippen LogP contribution in [-0.4, -0.2) is 33.9 Å². The quantitative estimate of drug-likeness (QED) is 0.872. The minimum atomic E-state index is -0.498. The Kier molecular flexibility index (Phi) is 3.46. The topological polar surface area (TPSA) is 85.5 Å². The molecule has 2 aromatic rings. The molecule has 0 spiro atoms. The molecule has 1 aromatic heterocycles. The van der Waals surface area contributed by atoms with Gasteiger partial charge in [0, 0.05) is 5.56 Å². The lowest BCUT2D eigenvalue weighted by Crippen LogP contribution is -2.48. The number of aromatic nitrogens is 2. The molecule has 1 heterocycles. The van der Waals surface area contributed by atoms with E-state index in [9.17, 15) is 9.90 Å². The van der Waals surface area contributed by atoms with Gasteiger partial charge in [0.25, 0.3) is 0 Å². The van der Waals surface area contributed by atoms with Crippen LogP contribution in [0.3, 0.4) is 0 Å². The van der Waals surface area contributed by atoms with Crippen LogP contribution in [0.15, 0.2) is 28.8 Å². The highest BCUT2D eigenvalue weighted by Gasteiger charge is 2.51. The highest BCUT2D eigenvalue weighted by atomic mass is 16.5. The summed E-state index contributed by atoms with van der Waals surface area (Å²) in [5.41, 5.74) is 0.406. The van der Waals surface area contributed by atoms with Crippen LogP contribution < -0.4 is 0 Å². The van der Waals surface area contributed by atoms with E-state index in [1.807, 2.05) is 6.07 Å². The van der Waals surface area contributed by atoms with E-state index in [0.29, 0.717) is 22.8 Å². The molecule has 24 heavy (non-hydrogen) atoms. The zero-order valence-electron chi connectivity index (χ0n) is 13.6. The van der Waals surface area contributed by atoms with E-state index in [4.69, 9.17) is 9.26 Å². The summed E-state index contributed by atoms with van der Waals surface area (Å²) in [7, 11) is 1.35. The lowest BCUT2D eigenvalue weighted by molar-refractivity contribution is -0.0726. The van der Waals surface area contributed by atoms with Crippen LogP contribution >= 0.6 is 0 Å². The fraction of sp³-hybridized carbons (Fsp3) is 0.500. The minimum absolute atomic E-state index is 0.129. The Bertz CT molecular complexity index is 758. The molecule has 6 heteroatoms. The molecule has 5 rings (SSSR count). The Morgan fingerprint density at radius 3 is 2.50 bits per heavy atom. The lowest BCUT2D eigenvalue weighted by atomic mass is 9.58. The number of carbonyl (C=O) groups excluding carboxylic acids is 1. The van der Waals surface area contributed by atoms with Crippen LogP contribution in [-0.2, 0) is 10.2 Å². The standard InChI is InChI=1S/C18H20N2O4/c1-23-15(21)13-5-3-2-4-12(13)14-19-16(24-20-14)17-6-9-18(22,10-7-17)11-8-17/h2-5,22H,6-11H2,1H3. The summed E-state index contributed by atoms with van der Waals surface area (Å²) >= 11 is 0. The van der Waals surface area contributed by atoms with E-state index in [-0.39, 0.29) is 5.41 Å². The Morgan fingerprint density at radius 1 is 1.17 bits per heavy atom. The third-order valence-electron chi connectivity index (χ3n) is 5.66. The van der Waals surface area contributed by atoms with E-state index in [0.717, 1.165) is 38.5 Å². The van der Waals surface area contributed by atoms with Gasteiger partial charge in [-0.3, -0.25) is 0 Å². The first-order valence-electron chi connectivity index (χ1n) is 8.30. The third-order valence-corrected chi connectivity index (χ3v) is 5.66. The highest BCUT2D eigenvalue weighted by Crippen LogP contribution is 2.53. The van der Waals surface area contributed by atoms with Gasteiger partial charge in [-0.25, -0.2) is 4.79 Å². The van der Waals surface area contributed by atoms with Gasteiger partial charge in [0.1, 0.15) is 0 Å². The number of methoxy groups -OCH3 is 1. The molecular weight excluding hydrogens is 308 g/mol. The molecular formula is C18H20N2O4. The number of carbonyl (C=O) groups is 1. The van der Waals surface area contributed by atoms with E-state index >= 15 is 0 Å². The fourth-order valence-electron chi connectivity index (χ4n) is 4.00. The zero-order chi connectivity index (χ0) is 16.8. The van der Waals surface area contributed by atoms with Gasteiger partial charge in [0.2, 0.25) is 11.7 Å². The molecule has 1 N–H and O–H groups in total. The second kappa shape index (κ2) is 5.41. The molecule has 3 saturated carbocycles. The number of fused-ring (bicyclic) bond motifs is 3. The molecule has 6 nitrogen and oxygen atoms in total. The second-order valence-electron chi connectivity index (χ2n) is 6.96. The lowest BCUT2D eigenvalue weighted by Gasteiger charge is -2.48. The fourth-order valence-corrected chi connectivity index (χ4v) is 4.00. The second-order valence-corrected chi connectivity index (χ2v) is 6.96. The van der Waals surface area contributed by atoms with Gasteiger partial charge in [-0.15, -0.1) is 0 Å². The van der Waals surface area contributed by atoms with Crippen LogP contribution in [0.25, 0.3) is 11.4 Å². The van der Waals surface area contributed by atoms with Crippen molar-refractivity contribution in [3.05, 3.63) is 35.7 Å². The maximum Gasteiger partial charge on any atom is 0.338 e. The van der Waals surface area contributed by atoms with Crippen LogP contribution in [0.5, 0.6) is 0 Å². The van der Waals surface area contributed by atoms with Crippen molar-refractivity contribution in [3.63, 3.8) is 0 Å². The first-order valence-corrected chi connectivity index (χ1v) is 8.30. The van der Waals surface area contributed by atoms with Crippen molar-refractivity contribution < 1.29 is 19.2 Å². The number of benzene rings is 1. The number of hydrogen-bond donors (Lipinski definition) is 1. The van der Waals surface area contributed by atoms with E-state index in [1.165, 1.54) is 7.11 Å². The van der Waals surface area contributed by atoms with Gasteiger partial charge in [0.05, 0.1) is 23.7 Å². The number of ether oxygens (including phenoxy) is 1. The number of rotatable bonds is 3. The molecule has 3 aliphatic carbocycles. The highest BCUT2D eigenvalue weighted by molar-refractivity contribution is 5.96. The van der Waals surface area contributed by atoms with Gasteiger partial charge in [-0.2, -0.15) is 4.98 Å². The monoisotopic (exact) mass is 328 g/mol. The average molecular weight is 328 g/mol. The Morgan fingerprint density at radius 2 is 1.83 bits per heavy atom. The number of hydrogen-bond acceptors (Lipinski definition) is 6.